The lowest BCUT2D eigenvalue weighted by Crippen LogP contribution is -2.44. The fourth-order valence-electron chi connectivity index (χ4n) is 0.839. The minimum absolute atomic E-state index is 0.291. The van der Waals surface area contributed by atoms with Crippen molar-refractivity contribution in [2.75, 3.05) is 20.1 Å². The smallest absolute Gasteiger partial charge is 0.255 e. The molecule has 0 aromatic rings. The van der Waals surface area contributed by atoms with Crippen LogP contribution in [0.5, 0.6) is 0 Å². The largest absolute Gasteiger partial charge is 0.339 e. The molecule has 0 radical (unpaired) electrons. The van der Waals surface area contributed by atoms with Gasteiger partial charge in [0.2, 0.25) is 5.96 Å². The first-order chi connectivity index (χ1) is 6.47. The number of hydrogen-bond donors (Lipinski definition) is 2. The number of aliphatic imine (C=N–C) groups is 1. The van der Waals surface area contributed by atoms with Crippen molar-refractivity contribution in [1.82, 2.24) is 10.3 Å². The van der Waals surface area contributed by atoms with Gasteiger partial charge in [-0.15, -0.1) is 0 Å². The molecule has 0 saturated carbocycles. The highest BCUT2D eigenvalue weighted by Gasteiger charge is 2.10. The van der Waals surface area contributed by atoms with E-state index in [1.165, 1.54) is 11.9 Å². The molecule has 0 aliphatic rings. The molecule has 3 N–H and O–H groups in total. The number of nitrogens with two attached hydrogens (primary N) is 1. The van der Waals surface area contributed by atoms with Crippen LogP contribution in [0.3, 0.4) is 0 Å². The third kappa shape index (κ3) is 5.69. The molecule has 0 heterocycles. The SMILES string of the molecule is CC(C)CN=C(NN)N(C)CC(F)F. The van der Waals surface area contributed by atoms with Crippen LogP contribution in [0.2, 0.25) is 0 Å². The molecule has 0 bridgehead atoms. The molecule has 0 atom stereocenters. The molecule has 0 aromatic carbocycles. The standard InChI is InChI=1S/C8H18F2N4/c1-6(2)4-12-8(13-11)14(3)5-7(9)10/h6-7H,4-5,11H2,1-3H3,(H,12,13). The van der Waals surface area contributed by atoms with Crippen molar-refractivity contribution in [2.24, 2.45) is 16.8 Å². The Balaban J connectivity index is 4.17. The summed E-state index contributed by atoms with van der Waals surface area (Å²) in [7, 11) is 1.52. The highest BCUT2D eigenvalue weighted by atomic mass is 19.3. The van der Waals surface area contributed by atoms with Crippen LogP contribution >= 0.6 is 0 Å². The first kappa shape index (κ1) is 13.1. The van der Waals surface area contributed by atoms with Gasteiger partial charge < -0.3 is 4.90 Å². The quantitative estimate of drug-likeness (QED) is 0.309. The molecule has 0 amide bonds. The van der Waals surface area contributed by atoms with Crippen LogP contribution in [0.15, 0.2) is 4.99 Å². The minimum Gasteiger partial charge on any atom is -0.339 e. The van der Waals surface area contributed by atoms with Crippen molar-refractivity contribution in [1.29, 1.82) is 0 Å². The number of hydrazine groups is 1. The maximum Gasteiger partial charge on any atom is 0.255 e. The molecule has 4 nitrogen and oxygen atoms in total. The number of halogens is 2. The zero-order valence-electron chi connectivity index (χ0n) is 8.80. The summed E-state index contributed by atoms with van der Waals surface area (Å²) < 4.78 is 24.0. The van der Waals surface area contributed by atoms with Crippen molar-refractivity contribution in [2.45, 2.75) is 20.3 Å². The highest BCUT2D eigenvalue weighted by molar-refractivity contribution is 5.79. The number of rotatable bonds is 4. The molecular formula is C8H18F2N4. The van der Waals surface area contributed by atoms with Gasteiger partial charge in [-0.1, -0.05) is 13.8 Å². The minimum atomic E-state index is -2.39. The maximum absolute atomic E-state index is 12.0. The average Bonchev–Trinajstić information content (AvgIpc) is 2.03. The normalized spacial score (nSPS) is 12.4. The Bertz CT molecular complexity index is 182. The summed E-state index contributed by atoms with van der Waals surface area (Å²) in [5.74, 6) is 5.83. The Labute approximate surface area is 83.1 Å². The van der Waals surface area contributed by atoms with Gasteiger partial charge in [0, 0.05) is 13.6 Å². The number of alkyl halides is 2. The Kier molecular flexibility index (Phi) is 6.11. The lowest BCUT2D eigenvalue weighted by atomic mass is 10.2. The van der Waals surface area contributed by atoms with Gasteiger partial charge in [-0.3, -0.25) is 10.4 Å². The third-order valence-corrected chi connectivity index (χ3v) is 1.51. The van der Waals surface area contributed by atoms with Crippen LogP contribution in [-0.4, -0.2) is 37.4 Å². The number of nitrogens with zero attached hydrogens (tertiary/aromatic N) is 2. The Morgan fingerprint density at radius 3 is 2.43 bits per heavy atom. The second-order valence-electron chi connectivity index (χ2n) is 3.47. The maximum atomic E-state index is 12.0. The zero-order valence-corrected chi connectivity index (χ0v) is 8.80. The monoisotopic (exact) mass is 208 g/mol. The van der Waals surface area contributed by atoms with E-state index in [0.29, 0.717) is 18.4 Å². The molecule has 14 heavy (non-hydrogen) atoms. The highest BCUT2D eigenvalue weighted by Crippen LogP contribution is 1.97. The summed E-state index contributed by atoms with van der Waals surface area (Å²) in [6.07, 6.45) is -2.39. The van der Waals surface area contributed by atoms with Crippen LogP contribution in [0.4, 0.5) is 8.78 Å². The van der Waals surface area contributed by atoms with Gasteiger partial charge in [0.15, 0.2) is 0 Å². The van der Waals surface area contributed by atoms with Crippen LogP contribution in [0, 0.1) is 5.92 Å². The van der Waals surface area contributed by atoms with Gasteiger partial charge in [0.25, 0.3) is 6.43 Å². The van der Waals surface area contributed by atoms with Crippen LogP contribution in [0.25, 0.3) is 0 Å². The van der Waals surface area contributed by atoms with Crippen molar-refractivity contribution in [3.05, 3.63) is 0 Å². The Morgan fingerprint density at radius 1 is 1.50 bits per heavy atom. The predicted octanol–water partition coefficient (Wildman–Crippen LogP) is 0.659. The lowest BCUT2D eigenvalue weighted by Gasteiger charge is -2.20. The van der Waals surface area contributed by atoms with Gasteiger partial charge in [-0.2, -0.15) is 0 Å². The Morgan fingerprint density at radius 2 is 2.07 bits per heavy atom. The summed E-state index contributed by atoms with van der Waals surface area (Å²) in [5, 5.41) is 0. The molecule has 0 spiro atoms. The van der Waals surface area contributed by atoms with Crippen molar-refractivity contribution in [3.63, 3.8) is 0 Å². The van der Waals surface area contributed by atoms with E-state index in [9.17, 15) is 8.78 Å². The second-order valence-corrected chi connectivity index (χ2v) is 3.47. The van der Waals surface area contributed by atoms with E-state index in [-0.39, 0.29) is 6.54 Å². The van der Waals surface area contributed by atoms with Gasteiger partial charge in [-0.05, 0) is 5.92 Å². The summed E-state index contributed by atoms with van der Waals surface area (Å²) in [5.41, 5.74) is 2.31. The van der Waals surface area contributed by atoms with E-state index in [0.717, 1.165) is 0 Å². The summed E-state index contributed by atoms with van der Waals surface area (Å²) in [6, 6.07) is 0. The third-order valence-electron chi connectivity index (χ3n) is 1.51. The molecule has 6 heteroatoms. The second kappa shape index (κ2) is 6.53. The topological polar surface area (TPSA) is 53.6 Å². The number of guanidine groups is 1. The fourth-order valence-corrected chi connectivity index (χ4v) is 0.839. The van der Waals surface area contributed by atoms with Gasteiger partial charge >= 0.3 is 0 Å². The summed E-state index contributed by atoms with van der Waals surface area (Å²) >= 11 is 0. The van der Waals surface area contributed by atoms with Crippen molar-refractivity contribution < 1.29 is 8.78 Å². The molecule has 0 rings (SSSR count). The lowest BCUT2D eigenvalue weighted by molar-refractivity contribution is 0.122. The Hall–Kier alpha value is -0.910. The summed E-state index contributed by atoms with van der Waals surface area (Å²) in [4.78, 5) is 5.37. The predicted molar refractivity (Wildman–Crippen MR) is 53.1 cm³/mol. The van der Waals surface area contributed by atoms with Gasteiger partial charge in [-0.25, -0.2) is 14.6 Å². The van der Waals surface area contributed by atoms with Gasteiger partial charge in [0.1, 0.15) is 0 Å². The molecule has 0 aliphatic carbocycles. The average molecular weight is 208 g/mol. The van der Waals surface area contributed by atoms with Crippen molar-refractivity contribution >= 4 is 5.96 Å². The van der Waals surface area contributed by atoms with E-state index in [1.54, 1.807) is 0 Å². The first-order valence-corrected chi connectivity index (χ1v) is 4.47. The van der Waals surface area contributed by atoms with E-state index < -0.39 is 6.43 Å². The molecule has 0 fully saturated rings. The number of nitrogens with one attached hydrogen (secondary N) is 1. The van der Waals surface area contributed by atoms with E-state index in [1.807, 2.05) is 13.8 Å². The van der Waals surface area contributed by atoms with Crippen LogP contribution in [-0.2, 0) is 0 Å². The first-order valence-electron chi connectivity index (χ1n) is 4.47. The van der Waals surface area contributed by atoms with Gasteiger partial charge in [0.05, 0.1) is 6.54 Å². The zero-order chi connectivity index (χ0) is 11.1. The van der Waals surface area contributed by atoms with E-state index >= 15 is 0 Å². The molecule has 0 aliphatic heterocycles. The van der Waals surface area contributed by atoms with Crippen LogP contribution < -0.4 is 11.3 Å². The summed E-state index contributed by atoms with van der Waals surface area (Å²) in [6.45, 7) is 4.17. The van der Waals surface area contributed by atoms with Crippen LogP contribution in [0.1, 0.15) is 13.8 Å². The molecule has 0 unspecified atom stereocenters. The molecule has 84 valence electrons. The fraction of sp³-hybridized carbons (Fsp3) is 0.875. The molecule has 0 saturated heterocycles. The number of hydrogen-bond acceptors (Lipinski definition) is 2. The van der Waals surface area contributed by atoms with E-state index in [4.69, 9.17) is 5.84 Å². The molecule has 0 aromatic heterocycles. The van der Waals surface area contributed by atoms with E-state index in [2.05, 4.69) is 10.4 Å². The molecular weight excluding hydrogens is 190 g/mol. The van der Waals surface area contributed by atoms with Crippen molar-refractivity contribution in [3.8, 4) is 0 Å².